The topological polar surface area (TPSA) is 699 Å². The van der Waals surface area contributed by atoms with Crippen molar-refractivity contribution in [1.82, 2.24) is 21.3 Å². The molecule has 4 amide bonds. The molecule has 0 aliphatic carbocycles. The number of aliphatic hydroxyl groups is 21. The average Bonchev–Trinajstić information content (AvgIpc) is 0.762. The third-order valence-corrected chi connectivity index (χ3v) is 17.2. The van der Waals surface area contributed by atoms with Crippen LogP contribution in [0.4, 0.5) is 0 Å². The van der Waals surface area contributed by atoms with Crippen LogP contribution in [0.3, 0.4) is 0 Å². The van der Waals surface area contributed by atoms with Crippen LogP contribution >= 0.6 is 0 Å². The maximum atomic E-state index is 13.1. The average molecular weight is 1420 g/mol. The van der Waals surface area contributed by atoms with E-state index in [4.69, 9.17) is 61.6 Å². The van der Waals surface area contributed by atoms with Gasteiger partial charge in [0.1, 0.15) is 171 Å². The maximum Gasteiger partial charge on any atom is 0.364 e. The molecular formula is C53H88N4O40. The van der Waals surface area contributed by atoms with Crippen molar-refractivity contribution < 1.29 is 198 Å². The first-order chi connectivity index (χ1) is 45.8. The fourth-order valence-corrected chi connectivity index (χ4v) is 12.3. The summed E-state index contributed by atoms with van der Waals surface area (Å²) < 4.78 is 74.9. The van der Waals surface area contributed by atoms with Crippen LogP contribution in [0.2, 0.25) is 0 Å². The Bertz CT molecular complexity index is 2560. The second-order valence-electron chi connectivity index (χ2n) is 24.0. The lowest BCUT2D eigenvalue weighted by molar-refractivity contribution is -0.391. The van der Waals surface area contributed by atoms with Gasteiger partial charge in [0, 0.05) is 27.2 Å². The van der Waals surface area contributed by atoms with Gasteiger partial charge >= 0.3 is 5.97 Å². The van der Waals surface area contributed by atoms with Crippen molar-refractivity contribution in [2.24, 2.45) is 0 Å². The summed E-state index contributed by atoms with van der Waals surface area (Å²) in [6.07, 6.45) is -66.0. The molecule has 7 heterocycles. The van der Waals surface area contributed by atoms with Crippen molar-refractivity contribution in [1.29, 1.82) is 0 Å². The maximum absolute atomic E-state index is 13.1. The lowest BCUT2D eigenvalue weighted by atomic mass is 9.88. The zero-order chi connectivity index (χ0) is 72.0. The summed E-state index contributed by atoms with van der Waals surface area (Å²) in [6, 6.07) is -7.31. The van der Waals surface area contributed by atoms with Gasteiger partial charge in [-0.25, -0.2) is 4.79 Å². The molecule has 36 atom stereocenters. The number of rotatable bonds is 27. The number of hydrogen-bond acceptors (Lipinski definition) is 39. The van der Waals surface area contributed by atoms with Gasteiger partial charge in [-0.05, 0) is 0 Å². The molecule has 26 N–H and O–H groups in total. The van der Waals surface area contributed by atoms with Gasteiger partial charge in [0.2, 0.25) is 23.6 Å². The lowest BCUT2D eigenvalue weighted by Gasteiger charge is -2.51. The standard InChI is InChI=1S/C53H88N4O40/c1-13(66)54-26-34(77)39(22(10-63)89-48(26)95-44-32(75)20(8-61)87-50(37(44)80)93-41-28(56-15(3)68)46(82)85-18(6-59)30(41)73)91-49-36(79)43(31(74)19(7-60)86-49)94-47-27(55-14(2)67)35(78)40(23(11-64)90-47)92-51-38(81)45(33(76)21(9-62)88-51)97-53(52(83)84)4-16(69)25(57-24(71)12-65)42(96-53)29(72)17(70)5-58/h16-23,25-51,58-65,69-70,72-82H,4-12H2,1-3H3,(H,54,66)(H,55,67)(H,56,68)(H,57,71)(H,83,84)/t16-,17+,18+,19+,20+,21+,22+,23+,25+,26+,27+,28+,29+,30-,31-,32-,33-,34+,35+,36+,37+,38+,39+,40+,41+,42+,43-,44-,45-,46?,47-,48-,49-,50-,51-,53-/m0/s1. The Labute approximate surface area is 548 Å². The van der Waals surface area contributed by atoms with Gasteiger partial charge in [0.05, 0.1) is 58.4 Å². The normalized spacial score (nSPS) is 45.7. The van der Waals surface area contributed by atoms with Crippen LogP contribution in [0.25, 0.3) is 0 Å². The third kappa shape index (κ3) is 17.7. The summed E-state index contributed by atoms with van der Waals surface area (Å²) in [4.78, 5) is 63.1. The zero-order valence-corrected chi connectivity index (χ0v) is 51.8. The van der Waals surface area contributed by atoms with Gasteiger partial charge in [-0.3, -0.25) is 19.2 Å². The number of carboxylic acids is 1. The summed E-state index contributed by atoms with van der Waals surface area (Å²) >= 11 is 0. The predicted octanol–water partition coefficient (Wildman–Crippen LogP) is -17.5. The van der Waals surface area contributed by atoms with Crippen molar-refractivity contribution in [2.75, 3.05) is 52.9 Å². The third-order valence-electron chi connectivity index (χ3n) is 17.2. The van der Waals surface area contributed by atoms with Crippen LogP contribution in [-0.2, 0) is 85.6 Å². The van der Waals surface area contributed by atoms with Crippen LogP contribution in [0, 0.1) is 0 Å². The van der Waals surface area contributed by atoms with E-state index in [9.17, 15) is 136 Å². The Kier molecular flexibility index (Phi) is 28.8. The van der Waals surface area contributed by atoms with Gasteiger partial charge < -0.3 is 195 Å². The molecule has 560 valence electrons. The quantitative estimate of drug-likeness (QED) is 0.0363. The number of hydrogen-bond donors (Lipinski definition) is 26. The number of nitrogens with one attached hydrogen (secondary N) is 4. The van der Waals surface area contributed by atoms with Gasteiger partial charge in [0.15, 0.2) is 37.7 Å². The first kappa shape index (κ1) is 80.3. The Hall–Kier alpha value is -4.01. The van der Waals surface area contributed by atoms with E-state index in [1.54, 1.807) is 0 Å². The van der Waals surface area contributed by atoms with Crippen LogP contribution in [0.15, 0.2) is 0 Å². The Morgan fingerprint density at radius 1 is 0.423 bits per heavy atom. The minimum absolute atomic E-state index is 0.771. The first-order valence-corrected chi connectivity index (χ1v) is 30.4. The summed E-state index contributed by atoms with van der Waals surface area (Å²) in [6.45, 7) is -6.10. The number of carbonyl (C=O) groups excluding carboxylic acids is 4. The number of aliphatic carboxylic acids is 1. The number of aliphatic hydroxyl groups excluding tert-OH is 21. The van der Waals surface area contributed by atoms with E-state index in [1.165, 1.54) is 0 Å². The molecule has 0 aromatic rings. The molecule has 1 unspecified atom stereocenters. The molecule has 0 spiro atoms. The van der Waals surface area contributed by atoms with Crippen LogP contribution in [0.1, 0.15) is 27.2 Å². The summed E-state index contributed by atoms with van der Waals surface area (Å²) in [5.74, 6) is -9.31. The smallest absolute Gasteiger partial charge is 0.364 e. The highest BCUT2D eigenvalue weighted by Gasteiger charge is 2.62. The predicted molar refractivity (Wildman–Crippen MR) is 297 cm³/mol. The molecule has 44 heteroatoms. The summed E-state index contributed by atoms with van der Waals surface area (Å²) in [5.41, 5.74) is 0. The molecule has 7 rings (SSSR count). The monoisotopic (exact) mass is 1420 g/mol. The largest absolute Gasteiger partial charge is 0.477 e. The molecule has 7 aliphatic heterocycles. The molecular weight excluding hydrogens is 1330 g/mol. The van der Waals surface area contributed by atoms with E-state index in [1.807, 2.05) is 0 Å². The summed E-state index contributed by atoms with van der Waals surface area (Å²) in [7, 11) is 0. The lowest BCUT2D eigenvalue weighted by Crippen LogP contribution is -2.71. The highest BCUT2D eigenvalue weighted by Crippen LogP contribution is 2.41. The number of carbonyl (C=O) groups is 5. The Morgan fingerprint density at radius 3 is 1.15 bits per heavy atom. The van der Waals surface area contributed by atoms with Crippen molar-refractivity contribution in [3.8, 4) is 0 Å². The second-order valence-corrected chi connectivity index (χ2v) is 24.0. The fraction of sp³-hybridized carbons (Fsp3) is 0.906. The van der Waals surface area contributed by atoms with E-state index in [-0.39, 0.29) is 0 Å². The highest BCUT2D eigenvalue weighted by atomic mass is 16.8. The molecule has 7 aliphatic rings. The minimum atomic E-state index is -3.30. The SMILES string of the molecule is CC(=O)N[C@H]1[C@H](O[C@H]2[C@@H](O)[C@@H](CO)O[C@@H](O[C@H]3[C@H](O)[C@@H](NC(C)=O)[C@H](O[C@H]4[C@@H](O)[C@@H](CO)O[C@@H](O[C@H]5[C@@H](O)[C@@H](CO)OC(O)[C@@H]5NC(C)=O)[C@@H]4O)O[C@@H]3CO)[C@@H]2O)O[C@H](CO)[C@@H](O[C@@H]2O[C@H](CO)[C@H](O)[C@H](O[C@]3(C(=O)O)C[C@H](O)[C@@H](NC(=O)CO)[C@H]([C@H](O)[C@H](O)CO)O3)[C@H]2O)[C@@H]1O. The van der Waals surface area contributed by atoms with E-state index < -0.39 is 309 Å². The molecule has 97 heavy (non-hydrogen) atoms. The number of amides is 4. The Balaban J connectivity index is 1.10. The zero-order valence-electron chi connectivity index (χ0n) is 51.8. The van der Waals surface area contributed by atoms with E-state index in [0.29, 0.717) is 0 Å². The highest BCUT2D eigenvalue weighted by molar-refractivity contribution is 5.78. The molecule has 0 saturated carbocycles. The molecule has 7 fully saturated rings. The van der Waals surface area contributed by atoms with Gasteiger partial charge in [-0.15, -0.1) is 0 Å². The molecule has 44 nitrogen and oxygen atoms in total. The van der Waals surface area contributed by atoms with Gasteiger partial charge in [-0.2, -0.15) is 0 Å². The van der Waals surface area contributed by atoms with Gasteiger partial charge in [0.25, 0.3) is 5.79 Å². The van der Waals surface area contributed by atoms with Crippen molar-refractivity contribution in [3.05, 3.63) is 0 Å². The molecule has 0 aromatic heterocycles. The van der Waals surface area contributed by atoms with Crippen molar-refractivity contribution >= 4 is 29.6 Å². The summed E-state index contributed by atoms with van der Waals surface area (Å²) in [5, 5.41) is 249. The Morgan fingerprint density at radius 2 is 0.773 bits per heavy atom. The number of ether oxygens (including phenoxy) is 13. The van der Waals surface area contributed by atoms with Crippen LogP contribution < -0.4 is 21.3 Å². The van der Waals surface area contributed by atoms with E-state index >= 15 is 0 Å². The molecule has 0 radical (unpaired) electrons. The number of carboxylic acid groups (broad SMARTS) is 1. The molecule has 7 saturated heterocycles. The van der Waals surface area contributed by atoms with Crippen LogP contribution in [0.5, 0.6) is 0 Å². The fourth-order valence-electron chi connectivity index (χ4n) is 12.3. The van der Waals surface area contributed by atoms with Crippen molar-refractivity contribution in [2.45, 2.75) is 247 Å². The second kappa shape index (κ2) is 34.8. The van der Waals surface area contributed by atoms with Crippen molar-refractivity contribution in [3.63, 3.8) is 0 Å². The van der Waals surface area contributed by atoms with E-state index in [0.717, 1.165) is 20.8 Å². The van der Waals surface area contributed by atoms with Crippen LogP contribution in [-0.4, -0.2) is 415 Å². The molecule has 0 bridgehead atoms. The minimum Gasteiger partial charge on any atom is -0.477 e. The van der Waals surface area contributed by atoms with Gasteiger partial charge in [-0.1, -0.05) is 0 Å². The van der Waals surface area contributed by atoms with E-state index in [2.05, 4.69) is 21.3 Å². The first-order valence-electron chi connectivity index (χ1n) is 30.4. The molecule has 0 aromatic carbocycles.